The standard InChI is InChI=1S/C9H13ClN2O5S2/c1-3(13)6(14)9(16)12-19(17)4-2-5(10)18-7(4)8(11)15/h2-3,6,9,12-14,16H,1H3,(H2,11,15). The van der Waals surface area contributed by atoms with Crippen molar-refractivity contribution in [1.29, 1.82) is 0 Å². The van der Waals surface area contributed by atoms with E-state index >= 15 is 0 Å². The van der Waals surface area contributed by atoms with Gasteiger partial charge in [-0.1, -0.05) is 11.6 Å². The van der Waals surface area contributed by atoms with E-state index in [1.165, 1.54) is 13.0 Å². The summed E-state index contributed by atoms with van der Waals surface area (Å²) in [7, 11) is -2.01. The number of hydrogen-bond acceptors (Lipinski definition) is 6. The number of thiophene rings is 1. The van der Waals surface area contributed by atoms with Crippen molar-refractivity contribution >= 4 is 39.8 Å². The molecule has 1 aromatic heterocycles. The average Bonchev–Trinajstić information content (AvgIpc) is 2.70. The van der Waals surface area contributed by atoms with Crippen molar-refractivity contribution < 1.29 is 24.3 Å². The van der Waals surface area contributed by atoms with E-state index in [0.29, 0.717) is 0 Å². The smallest absolute Gasteiger partial charge is 0.260 e. The van der Waals surface area contributed by atoms with Gasteiger partial charge in [-0.15, -0.1) is 11.3 Å². The summed E-state index contributed by atoms with van der Waals surface area (Å²) in [5, 5.41) is 27.9. The van der Waals surface area contributed by atoms with Gasteiger partial charge in [0, 0.05) is 0 Å². The molecule has 0 saturated heterocycles. The fourth-order valence-corrected chi connectivity index (χ4v) is 3.61. The lowest BCUT2D eigenvalue weighted by atomic mass is 10.2. The van der Waals surface area contributed by atoms with Gasteiger partial charge in [-0.05, 0) is 13.0 Å². The fraction of sp³-hybridized carbons (Fsp3) is 0.444. The number of carbonyl (C=O) groups is 1. The number of nitrogens with two attached hydrogens (primary N) is 1. The number of halogens is 1. The number of amides is 1. The quantitative estimate of drug-likeness (QED) is 0.435. The molecule has 4 atom stereocenters. The molecule has 10 heteroatoms. The minimum atomic E-state index is -2.01. The molecule has 1 rings (SSSR count). The predicted octanol–water partition coefficient (Wildman–Crippen LogP) is -0.827. The molecule has 0 saturated carbocycles. The van der Waals surface area contributed by atoms with E-state index in [2.05, 4.69) is 4.72 Å². The molecule has 0 spiro atoms. The van der Waals surface area contributed by atoms with Crippen LogP contribution in [-0.2, 0) is 11.0 Å². The van der Waals surface area contributed by atoms with Gasteiger partial charge in [-0.2, -0.15) is 0 Å². The Morgan fingerprint density at radius 2 is 2.11 bits per heavy atom. The van der Waals surface area contributed by atoms with Crippen LogP contribution in [0.3, 0.4) is 0 Å². The zero-order valence-electron chi connectivity index (χ0n) is 9.74. The van der Waals surface area contributed by atoms with E-state index in [0.717, 1.165) is 11.3 Å². The van der Waals surface area contributed by atoms with Crippen LogP contribution in [0.5, 0.6) is 0 Å². The molecule has 1 aromatic rings. The summed E-state index contributed by atoms with van der Waals surface area (Å²) in [6.45, 7) is 1.26. The Morgan fingerprint density at radius 1 is 1.53 bits per heavy atom. The van der Waals surface area contributed by atoms with Crippen molar-refractivity contribution in [2.45, 2.75) is 30.3 Å². The average molecular weight is 329 g/mol. The van der Waals surface area contributed by atoms with Gasteiger partial charge in [-0.25, -0.2) is 8.93 Å². The Bertz CT molecular complexity index is 493. The second kappa shape index (κ2) is 6.75. The summed E-state index contributed by atoms with van der Waals surface area (Å²) in [6.07, 6.45) is -4.39. The van der Waals surface area contributed by atoms with Crippen molar-refractivity contribution in [2.75, 3.05) is 0 Å². The number of aliphatic hydroxyl groups is 3. The van der Waals surface area contributed by atoms with Gasteiger partial charge < -0.3 is 21.1 Å². The molecule has 6 N–H and O–H groups in total. The molecule has 19 heavy (non-hydrogen) atoms. The summed E-state index contributed by atoms with van der Waals surface area (Å²) in [6, 6.07) is 1.27. The van der Waals surface area contributed by atoms with Crippen LogP contribution in [0.1, 0.15) is 16.6 Å². The van der Waals surface area contributed by atoms with Crippen LogP contribution in [0.2, 0.25) is 4.34 Å². The molecule has 0 aliphatic rings. The highest BCUT2D eigenvalue weighted by Gasteiger charge is 2.25. The lowest BCUT2D eigenvalue weighted by molar-refractivity contribution is -0.0551. The Labute approximate surface area is 120 Å². The molecular weight excluding hydrogens is 316 g/mol. The van der Waals surface area contributed by atoms with Crippen LogP contribution in [0.4, 0.5) is 0 Å². The molecule has 0 radical (unpaired) electrons. The van der Waals surface area contributed by atoms with E-state index in [9.17, 15) is 19.2 Å². The number of nitrogens with one attached hydrogen (secondary N) is 1. The maximum Gasteiger partial charge on any atom is 0.260 e. The van der Waals surface area contributed by atoms with Gasteiger partial charge in [0.15, 0.2) is 0 Å². The lowest BCUT2D eigenvalue weighted by Crippen LogP contribution is -2.45. The molecule has 0 fully saturated rings. The number of rotatable bonds is 6. The largest absolute Gasteiger partial charge is 0.391 e. The van der Waals surface area contributed by atoms with Crippen molar-refractivity contribution in [1.82, 2.24) is 4.72 Å². The predicted molar refractivity (Wildman–Crippen MR) is 71.1 cm³/mol. The topological polar surface area (TPSA) is 133 Å². The van der Waals surface area contributed by atoms with Crippen LogP contribution >= 0.6 is 22.9 Å². The molecule has 0 bridgehead atoms. The van der Waals surface area contributed by atoms with E-state index in [-0.39, 0.29) is 14.1 Å². The van der Waals surface area contributed by atoms with Crippen LogP contribution in [0, 0.1) is 0 Å². The Balaban J connectivity index is 2.87. The number of aliphatic hydroxyl groups excluding tert-OH is 3. The van der Waals surface area contributed by atoms with Crippen molar-refractivity contribution in [3.05, 3.63) is 15.3 Å². The summed E-state index contributed by atoms with van der Waals surface area (Å²) in [5.74, 6) is -0.799. The first-order chi connectivity index (χ1) is 8.73. The minimum absolute atomic E-state index is 0.00503. The maximum atomic E-state index is 11.9. The second-order valence-electron chi connectivity index (χ2n) is 3.67. The third-order valence-corrected chi connectivity index (χ3v) is 4.72. The first-order valence-electron chi connectivity index (χ1n) is 5.05. The van der Waals surface area contributed by atoms with E-state index < -0.39 is 35.3 Å². The normalized spacial score (nSPS) is 17.7. The zero-order valence-corrected chi connectivity index (χ0v) is 12.1. The van der Waals surface area contributed by atoms with Crippen LogP contribution in [0.15, 0.2) is 11.0 Å². The summed E-state index contributed by atoms with van der Waals surface area (Å²) in [5.41, 5.74) is 5.10. The summed E-state index contributed by atoms with van der Waals surface area (Å²) < 4.78 is 14.3. The van der Waals surface area contributed by atoms with E-state index in [1.807, 2.05) is 0 Å². The van der Waals surface area contributed by atoms with Gasteiger partial charge in [0.25, 0.3) is 5.91 Å². The third kappa shape index (κ3) is 4.21. The molecule has 1 amide bonds. The number of hydrogen-bond donors (Lipinski definition) is 5. The van der Waals surface area contributed by atoms with E-state index in [4.69, 9.17) is 22.4 Å². The second-order valence-corrected chi connectivity index (χ2v) is 6.57. The van der Waals surface area contributed by atoms with Gasteiger partial charge in [0.1, 0.15) is 28.2 Å². The van der Waals surface area contributed by atoms with Crippen LogP contribution < -0.4 is 10.5 Å². The highest BCUT2D eigenvalue weighted by Crippen LogP contribution is 2.28. The highest BCUT2D eigenvalue weighted by atomic mass is 35.5. The molecule has 7 nitrogen and oxygen atoms in total. The van der Waals surface area contributed by atoms with Gasteiger partial charge in [0.05, 0.1) is 15.3 Å². The summed E-state index contributed by atoms with van der Waals surface area (Å²) in [4.78, 5) is 11.1. The molecule has 1 heterocycles. The van der Waals surface area contributed by atoms with E-state index in [1.54, 1.807) is 0 Å². The number of carbonyl (C=O) groups excluding carboxylic acids is 1. The molecule has 0 aromatic carbocycles. The Morgan fingerprint density at radius 3 is 2.58 bits per heavy atom. The Hall–Kier alpha value is -0.550. The molecule has 0 aliphatic heterocycles. The first kappa shape index (κ1) is 16.5. The van der Waals surface area contributed by atoms with Gasteiger partial charge >= 0.3 is 0 Å². The lowest BCUT2D eigenvalue weighted by Gasteiger charge is -2.20. The first-order valence-corrected chi connectivity index (χ1v) is 7.39. The monoisotopic (exact) mass is 328 g/mol. The number of primary amides is 1. The third-order valence-electron chi connectivity index (χ3n) is 2.14. The van der Waals surface area contributed by atoms with Crippen LogP contribution in [0.25, 0.3) is 0 Å². The van der Waals surface area contributed by atoms with Crippen LogP contribution in [-0.4, -0.2) is 43.9 Å². The highest BCUT2D eigenvalue weighted by molar-refractivity contribution is 7.83. The molecule has 4 unspecified atom stereocenters. The fourth-order valence-electron chi connectivity index (χ4n) is 1.16. The molecular formula is C9H13ClN2O5S2. The van der Waals surface area contributed by atoms with Crippen molar-refractivity contribution in [2.24, 2.45) is 5.73 Å². The molecule has 0 aliphatic carbocycles. The van der Waals surface area contributed by atoms with Crippen molar-refractivity contribution in [3.8, 4) is 0 Å². The van der Waals surface area contributed by atoms with Gasteiger partial charge in [0.2, 0.25) is 0 Å². The SMILES string of the molecule is CC(O)C(O)C(O)NS(=O)c1cc(Cl)sc1C(N)=O. The summed E-state index contributed by atoms with van der Waals surface area (Å²) >= 11 is 6.56. The van der Waals surface area contributed by atoms with Gasteiger partial charge in [-0.3, -0.25) is 4.79 Å². The zero-order chi connectivity index (χ0) is 14.7. The minimum Gasteiger partial charge on any atom is -0.391 e. The van der Waals surface area contributed by atoms with Crippen molar-refractivity contribution in [3.63, 3.8) is 0 Å². The Kier molecular flexibility index (Phi) is 5.86. The maximum absolute atomic E-state index is 11.9. The molecule has 108 valence electrons.